The van der Waals surface area contributed by atoms with Crippen LogP contribution in [0.3, 0.4) is 0 Å². The van der Waals surface area contributed by atoms with Gasteiger partial charge in [-0.2, -0.15) is 5.10 Å². The molecule has 1 unspecified atom stereocenters. The van der Waals surface area contributed by atoms with Gasteiger partial charge in [-0.05, 0) is 54.5 Å². The number of rotatable bonds is 5. The van der Waals surface area contributed by atoms with Gasteiger partial charge in [-0.1, -0.05) is 26.2 Å². The molecule has 1 aliphatic rings. The SMILES string of the molecule is CCC1CCC(C(NN)c2c(Br)cnn2C(C)C)CC1. The predicted octanol–water partition coefficient (Wildman–Crippen LogP) is 3.95. The highest BCUT2D eigenvalue weighted by Gasteiger charge is 2.31. The molecule has 3 N–H and O–H groups in total. The van der Waals surface area contributed by atoms with Crippen molar-refractivity contribution in [1.29, 1.82) is 0 Å². The first-order valence-corrected chi connectivity index (χ1v) is 8.56. The molecule has 0 bridgehead atoms. The smallest absolute Gasteiger partial charge is 0.0715 e. The Balaban J connectivity index is 2.18. The zero-order chi connectivity index (χ0) is 14.7. The second-order valence-electron chi connectivity index (χ2n) is 6.25. The highest BCUT2D eigenvalue weighted by Crippen LogP contribution is 2.39. The van der Waals surface area contributed by atoms with E-state index < -0.39 is 0 Å². The van der Waals surface area contributed by atoms with Gasteiger partial charge in [0.25, 0.3) is 0 Å². The van der Waals surface area contributed by atoms with Gasteiger partial charge in [0.05, 0.1) is 22.4 Å². The highest BCUT2D eigenvalue weighted by molar-refractivity contribution is 9.10. The molecule has 5 heteroatoms. The molecular formula is C15H27BrN4. The molecule has 0 spiro atoms. The predicted molar refractivity (Wildman–Crippen MR) is 86.1 cm³/mol. The first kappa shape index (κ1) is 16.0. The minimum absolute atomic E-state index is 0.187. The average Bonchev–Trinajstić information content (AvgIpc) is 2.83. The largest absolute Gasteiger partial charge is 0.271 e. The molecule has 1 atom stereocenters. The van der Waals surface area contributed by atoms with Crippen molar-refractivity contribution < 1.29 is 0 Å². The second kappa shape index (κ2) is 7.05. The third kappa shape index (κ3) is 3.26. The topological polar surface area (TPSA) is 55.9 Å². The molecule has 0 aromatic carbocycles. The van der Waals surface area contributed by atoms with Crippen LogP contribution in [0.1, 0.15) is 70.7 Å². The zero-order valence-corrected chi connectivity index (χ0v) is 14.4. The van der Waals surface area contributed by atoms with Gasteiger partial charge in [-0.15, -0.1) is 0 Å². The van der Waals surface area contributed by atoms with Crippen LogP contribution in [0, 0.1) is 11.8 Å². The first-order valence-electron chi connectivity index (χ1n) is 7.77. The Morgan fingerprint density at radius 2 is 2.05 bits per heavy atom. The summed E-state index contributed by atoms with van der Waals surface area (Å²) in [6.45, 7) is 6.61. The molecule has 0 saturated heterocycles. The number of nitrogens with one attached hydrogen (secondary N) is 1. The van der Waals surface area contributed by atoms with Crippen molar-refractivity contribution in [3.63, 3.8) is 0 Å². The van der Waals surface area contributed by atoms with Gasteiger partial charge in [0, 0.05) is 6.04 Å². The Kier molecular flexibility index (Phi) is 5.64. The van der Waals surface area contributed by atoms with E-state index >= 15 is 0 Å². The minimum atomic E-state index is 0.187. The van der Waals surface area contributed by atoms with E-state index in [1.54, 1.807) is 0 Å². The molecular weight excluding hydrogens is 316 g/mol. The number of nitrogens with two attached hydrogens (primary N) is 1. The van der Waals surface area contributed by atoms with Crippen LogP contribution in [0.5, 0.6) is 0 Å². The van der Waals surface area contributed by atoms with Gasteiger partial charge in [0.1, 0.15) is 0 Å². The van der Waals surface area contributed by atoms with Crippen LogP contribution in [-0.2, 0) is 0 Å². The van der Waals surface area contributed by atoms with Gasteiger partial charge in [0.2, 0.25) is 0 Å². The lowest BCUT2D eigenvalue weighted by molar-refractivity contribution is 0.211. The van der Waals surface area contributed by atoms with E-state index in [2.05, 4.69) is 51.9 Å². The monoisotopic (exact) mass is 342 g/mol. The first-order chi connectivity index (χ1) is 9.58. The minimum Gasteiger partial charge on any atom is -0.271 e. The van der Waals surface area contributed by atoms with E-state index in [1.807, 2.05) is 6.20 Å². The van der Waals surface area contributed by atoms with Crippen LogP contribution in [0.2, 0.25) is 0 Å². The molecule has 1 saturated carbocycles. The van der Waals surface area contributed by atoms with Gasteiger partial charge < -0.3 is 0 Å². The summed E-state index contributed by atoms with van der Waals surface area (Å²) in [4.78, 5) is 0. The summed E-state index contributed by atoms with van der Waals surface area (Å²) in [7, 11) is 0. The fraction of sp³-hybridized carbons (Fsp3) is 0.800. The van der Waals surface area contributed by atoms with Gasteiger partial charge in [0.15, 0.2) is 0 Å². The molecule has 0 aliphatic heterocycles. The Morgan fingerprint density at radius 3 is 2.55 bits per heavy atom. The van der Waals surface area contributed by atoms with E-state index in [4.69, 9.17) is 5.84 Å². The van der Waals surface area contributed by atoms with Crippen molar-refractivity contribution >= 4 is 15.9 Å². The van der Waals surface area contributed by atoms with E-state index in [-0.39, 0.29) is 6.04 Å². The molecule has 0 radical (unpaired) electrons. The number of aromatic nitrogens is 2. The Bertz CT molecular complexity index is 422. The highest BCUT2D eigenvalue weighted by atomic mass is 79.9. The van der Waals surface area contributed by atoms with Crippen molar-refractivity contribution in [1.82, 2.24) is 15.2 Å². The van der Waals surface area contributed by atoms with Gasteiger partial charge in [-0.25, -0.2) is 0 Å². The number of hydrogen-bond acceptors (Lipinski definition) is 3. The van der Waals surface area contributed by atoms with Crippen molar-refractivity contribution in [3.05, 3.63) is 16.4 Å². The van der Waals surface area contributed by atoms with Gasteiger partial charge >= 0.3 is 0 Å². The summed E-state index contributed by atoms with van der Waals surface area (Å²) >= 11 is 3.64. The fourth-order valence-corrected chi connectivity index (χ4v) is 3.94. The molecule has 2 rings (SSSR count). The molecule has 114 valence electrons. The van der Waals surface area contributed by atoms with Crippen LogP contribution in [0.4, 0.5) is 0 Å². The molecule has 20 heavy (non-hydrogen) atoms. The lowest BCUT2D eigenvalue weighted by Crippen LogP contribution is -2.37. The summed E-state index contributed by atoms with van der Waals surface area (Å²) in [6, 6.07) is 0.534. The Morgan fingerprint density at radius 1 is 1.40 bits per heavy atom. The average molecular weight is 343 g/mol. The standard InChI is InChI=1S/C15H27BrN4/c1-4-11-5-7-12(8-6-11)14(19-17)15-13(16)9-18-20(15)10(2)3/h9-12,14,19H,4-8,17H2,1-3H3. The van der Waals surface area contributed by atoms with Crippen LogP contribution in [0.25, 0.3) is 0 Å². The third-order valence-electron chi connectivity index (χ3n) is 4.69. The van der Waals surface area contributed by atoms with Crippen molar-refractivity contribution in [2.24, 2.45) is 17.7 Å². The molecule has 1 aromatic heterocycles. The molecule has 1 fully saturated rings. The summed E-state index contributed by atoms with van der Waals surface area (Å²) < 4.78 is 3.15. The Labute approximate surface area is 130 Å². The molecule has 1 aliphatic carbocycles. The number of nitrogens with zero attached hydrogens (tertiary/aromatic N) is 2. The van der Waals surface area contributed by atoms with Crippen molar-refractivity contribution in [3.8, 4) is 0 Å². The van der Waals surface area contributed by atoms with E-state index in [0.717, 1.165) is 10.4 Å². The molecule has 1 heterocycles. The molecule has 0 amide bonds. The zero-order valence-electron chi connectivity index (χ0n) is 12.8. The second-order valence-corrected chi connectivity index (χ2v) is 7.10. The van der Waals surface area contributed by atoms with Crippen molar-refractivity contribution in [2.45, 2.75) is 65.0 Å². The van der Waals surface area contributed by atoms with E-state index in [0.29, 0.717) is 12.0 Å². The molecule has 4 nitrogen and oxygen atoms in total. The third-order valence-corrected chi connectivity index (χ3v) is 5.30. The fourth-order valence-electron chi connectivity index (χ4n) is 3.42. The summed E-state index contributed by atoms with van der Waals surface area (Å²) in [5, 5.41) is 4.48. The Hall–Kier alpha value is -0.390. The lowest BCUT2D eigenvalue weighted by atomic mass is 9.77. The number of halogens is 1. The normalized spacial score (nSPS) is 25.1. The van der Waals surface area contributed by atoms with Gasteiger partial charge in [-0.3, -0.25) is 16.0 Å². The maximum absolute atomic E-state index is 5.89. The quantitative estimate of drug-likeness (QED) is 0.629. The maximum atomic E-state index is 5.89. The van der Waals surface area contributed by atoms with Crippen LogP contribution < -0.4 is 11.3 Å². The summed E-state index contributed by atoms with van der Waals surface area (Å²) in [5.74, 6) is 7.40. The summed E-state index contributed by atoms with van der Waals surface area (Å²) in [5.41, 5.74) is 4.25. The number of hydrogen-bond donors (Lipinski definition) is 2. The van der Waals surface area contributed by atoms with E-state index in [9.17, 15) is 0 Å². The lowest BCUT2D eigenvalue weighted by Gasteiger charge is -2.34. The van der Waals surface area contributed by atoms with Crippen molar-refractivity contribution in [2.75, 3.05) is 0 Å². The van der Waals surface area contributed by atoms with Crippen LogP contribution >= 0.6 is 15.9 Å². The maximum Gasteiger partial charge on any atom is 0.0715 e. The van der Waals surface area contributed by atoms with E-state index in [1.165, 1.54) is 37.8 Å². The summed E-state index contributed by atoms with van der Waals surface area (Å²) in [6.07, 6.45) is 8.35. The number of hydrazine groups is 1. The van der Waals surface area contributed by atoms with Crippen LogP contribution in [-0.4, -0.2) is 9.78 Å². The molecule has 1 aromatic rings. The van der Waals surface area contributed by atoms with Crippen LogP contribution in [0.15, 0.2) is 10.7 Å².